The molecule has 0 spiro atoms. The highest BCUT2D eigenvalue weighted by molar-refractivity contribution is 5.39. The van der Waals surface area contributed by atoms with E-state index in [-0.39, 0.29) is 11.9 Å². The van der Waals surface area contributed by atoms with Crippen LogP contribution in [0.1, 0.15) is 25.5 Å². The molecule has 1 heterocycles. The highest BCUT2D eigenvalue weighted by Crippen LogP contribution is 2.29. The molecule has 1 atom stereocenters. The van der Waals surface area contributed by atoms with Crippen LogP contribution in [0.5, 0.6) is 11.5 Å². The molecule has 3 nitrogen and oxygen atoms in total. The Bertz CT molecular complexity index is 531. The molecule has 0 fully saturated rings. The number of aromatic nitrogens is 1. The van der Waals surface area contributed by atoms with Gasteiger partial charge in [-0.25, -0.2) is 4.39 Å². The van der Waals surface area contributed by atoms with Crippen LogP contribution in [0, 0.1) is 5.82 Å². The van der Waals surface area contributed by atoms with Crippen LogP contribution in [-0.2, 0) is 0 Å². The van der Waals surface area contributed by atoms with Gasteiger partial charge in [-0.2, -0.15) is 0 Å². The summed E-state index contributed by atoms with van der Waals surface area (Å²) in [5.74, 6) is 1.01. The minimum absolute atomic E-state index is 0.0207. The van der Waals surface area contributed by atoms with Crippen molar-refractivity contribution in [3.8, 4) is 11.5 Å². The second-order valence-electron chi connectivity index (χ2n) is 4.25. The molecule has 2 aromatic rings. The van der Waals surface area contributed by atoms with E-state index in [1.165, 1.54) is 12.1 Å². The molecule has 2 rings (SSSR count). The van der Waals surface area contributed by atoms with Gasteiger partial charge in [-0.1, -0.05) is 6.92 Å². The molecule has 19 heavy (non-hydrogen) atoms. The molecule has 1 unspecified atom stereocenters. The van der Waals surface area contributed by atoms with Crippen molar-refractivity contribution in [2.45, 2.75) is 19.9 Å². The molecule has 0 aliphatic rings. The molecule has 1 aromatic carbocycles. The summed E-state index contributed by atoms with van der Waals surface area (Å²) in [5.41, 5.74) is 0.797. The highest BCUT2D eigenvalue weighted by Gasteiger charge is 2.12. The van der Waals surface area contributed by atoms with Crippen LogP contribution < -0.4 is 10.1 Å². The van der Waals surface area contributed by atoms with Crippen molar-refractivity contribution >= 4 is 0 Å². The van der Waals surface area contributed by atoms with Gasteiger partial charge >= 0.3 is 0 Å². The molecule has 0 aliphatic carbocycles. The number of ether oxygens (including phenoxy) is 1. The Balaban J connectivity index is 2.29. The van der Waals surface area contributed by atoms with Gasteiger partial charge in [0.15, 0.2) is 0 Å². The third-order valence-corrected chi connectivity index (χ3v) is 2.81. The number of nitrogens with zero attached hydrogens (tertiary/aromatic N) is 1. The average molecular weight is 260 g/mol. The molecule has 0 saturated carbocycles. The van der Waals surface area contributed by atoms with E-state index in [1.807, 2.05) is 19.9 Å². The molecule has 4 heteroatoms. The number of benzene rings is 1. The number of hydrogen-bond acceptors (Lipinski definition) is 3. The molecule has 0 aliphatic heterocycles. The van der Waals surface area contributed by atoms with E-state index in [9.17, 15) is 4.39 Å². The first-order chi connectivity index (χ1) is 9.20. The summed E-state index contributed by atoms with van der Waals surface area (Å²) in [4.78, 5) is 3.99. The Kier molecular flexibility index (Phi) is 4.47. The molecule has 0 amide bonds. The maximum absolute atomic E-state index is 13.4. The van der Waals surface area contributed by atoms with Crippen LogP contribution in [0.25, 0.3) is 0 Å². The summed E-state index contributed by atoms with van der Waals surface area (Å²) in [6, 6.07) is 8.18. The second-order valence-corrected chi connectivity index (χ2v) is 4.25. The maximum Gasteiger partial charge on any atom is 0.145 e. The summed E-state index contributed by atoms with van der Waals surface area (Å²) in [5, 5.41) is 3.25. The monoisotopic (exact) mass is 260 g/mol. The maximum atomic E-state index is 13.4. The fourth-order valence-electron chi connectivity index (χ4n) is 1.90. The predicted octanol–water partition coefficient (Wildman–Crippen LogP) is 3.68. The normalized spacial score (nSPS) is 12.2. The van der Waals surface area contributed by atoms with Crippen molar-refractivity contribution in [3.05, 3.63) is 54.1 Å². The van der Waals surface area contributed by atoms with Crippen LogP contribution >= 0.6 is 0 Å². The van der Waals surface area contributed by atoms with Crippen LogP contribution in [-0.4, -0.2) is 11.5 Å². The van der Waals surface area contributed by atoms with E-state index in [0.717, 1.165) is 12.1 Å². The third kappa shape index (κ3) is 3.51. The van der Waals surface area contributed by atoms with E-state index in [4.69, 9.17) is 4.74 Å². The van der Waals surface area contributed by atoms with Gasteiger partial charge in [0.1, 0.15) is 17.3 Å². The third-order valence-electron chi connectivity index (χ3n) is 2.81. The van der Waals surface area contributed by atoms with E-state index in [1.54, 1.807) is 24.5 Å². The summed E-state index contributed by atoms with van der Waals surface area (Å²) in [6.07, 6.45) is 3.31. The molecule has 0 saturated heterocycles. The van der Waals surface area contributed by atoms with Crippen LogP contribution in [0.4, 0.5) is 4.39 Å². The first-order valence-corrected chi connectivity index (χ1v) is 6.31. The fraction of sp³-hybridized carbons (Fsp3) is 0.267. The zero-order valence-corrected chi connectivity index (χ0v) is 11.1. The molecule has 0 bridgehead atoms. The number of rotatable bonds is 5. The van der Waals surface area contributed by atoms with Gasteiger partial charge in [0, 0.05) is 17.8 Å². The Labute approximate surface area is 112 Å². The van der Waals surface area contributed by atoms with Crippen LogP contribution in [0.2, 0.25) is 0 Å². The van der Waals surface area contributed by atoms with Crippen LogP contribution in [0.15, 0.2) is 42.7 Å². The molecular weight excluding hydrogens is 243 g/mol. The molecule has 1 N–H and O–H groups in total. The van der Waals surface area contributed by atoms with Gasteiger partial charge in [-0.3, -0.25) is 4.98 Å². The van der Waals surface area contributed by atoms with Gasteiger partial charge in [0.05, 0.1) is 6.20 Å². The van der Waals surface area contributed by atoms with Crippen molar-refractivity contribution in [1.82, 2.24) is 10.3 Å². The smallest absolute Gasteiger partial charge is 0.145 e. The lowest BCUT2D eigenvalue weighted by atomic mass is 10.1. The highest BCUT2D eigenvalue weighted by atomic mass is 19.1. The zero-order valence-electron chi connectivity index (χ0n) is 11.1. The molecule has 0 radical (unpaired) electrons. The lowest BCUT2D eigenvalue weighted by molar-refractivity contribution is 0.458. The van der Waals surface area contributed by atoms with E-state index in [0.29, 0.717) is 11.5 Å². The Hall–Kier alpha value is -1.94. The van der Waals surface area contributed by atoms with Crippen molar-refractivity contribution < 1.29 is 9.13 Å². The van der Waals surface area contributed by atoms with Crippen molar-refractivity contribution in [1.29, 1.82) is 0 Å². The number of hydrogen-bond donors (Lipinski definition) is 1. The largest absolute Gasteiger partial charge is 0.455 e. The van der Waals surface area contributed by atoms with Crippen molar-refractivity contribution in [2.24, 2.45) is 0 Å². The predicted molar refractivity (Wildman–Crippen MR) is 72.8 cm³/mol. The molecule has 1 aromatic heterocycles. The second kappa shape index (κ2) is 6.29. The Morgan fingerprint density at radius 2 is 2.21 bits per heavy atom. The minimum atomic E-state index is -0.265. The van der Waals surface area contributed by atoms with E-state index >= 15 is 0 Å². The molecule has 100 valence electrons. The SMILES string of the molecule is CCNC(C)c1cc(F)ccc1Oc1cccnc1. The quantitative estimate of drug-likeness (QED) is 0.890. The Morgan fingerprint density at radius 1 is 1.37 bits per heavy atom. The lowest BCUT2D eigenvalue weighted by Gasteiger charge is -2.17. The number of halogens is 1. The topological polar surface area (TPSA) is 34.1 Å². The van der Waals surface area contributed by atoms with E-state index < -0.39 is 0 Å². The number of nitrogens with one attached hydrogen (secondary N) is 1. The van der Waals surface area contributed by atoms with Crippen molar-refractivity contribution in [3.63, 3.8) is 0 Å². The number of pyridine rings is 1. The Morgan fingerprint density at radius 3 is 2.89 bits per heavy atom. The average Bonchev–Trinajstić information content (AvgIpc) is 2.42. The standard InChI is InChI=1S/C15H17FN2O/c1-3-18-11(2)14-9-12(16)6-7-15(14)19-13-5-4-8-17-10-13/h4-11,18H,3H2,1-2H3. The first-order valence-electron chi connectivity index (χ1n) is 6.31. The van der Waals surface area contributed by atoms with Gasteiger partial charge in [0.25, 0.3) is 0 Å². The summed E-state index contributed by atoms with van der Waals surface area (Å²) >= 11 is 0. The summed E-state index contributed by atoms with van der Waals surface area (Å²) in [6.45, 7) is 4.80. The van der Waals surface area contributed by atoms with Gasteiger partial charge in [-0.15, -0.1) is 0 Å². The van der Waals surface area contributed by atoms with Gasteiger partial charge in [-0.05, 0) is 43.8 Å². The summed E-state index contributed by atoms with van der Waals surface area (Å²) < 4.78 is 19.2. The summed E-state index contributed by atoms with van der Waals surface area (Å²) in [7, 11) is 0. The minimum Gasteiger partial charge on any atom is -0.455 e. The molecular formula is C15H17FN2O. The van der Waals surface area contributed by atoms with Crippen molar-refractivity contribution in [2.75, 3.05) is 6.54 Å². The van der Waals surface area contributed by atoms with Crippen LogP contribution in [0.3, 0.4) is 0 Å². The van der Waals surface area contributed by atoms with E-state index in [2.05, 4.69) is 10.3 Å². The van der Waals surface area contributed by atoms with Gasteiger partial charge in [0.2, 0.25) is 0 Å². The van der Waals surface area contributed by atoms with Gasteiger partial charge < -0.3 is 10.1 Å². The lowest BCUT2D eigenvalue weighted by Crippen LogP contribution is -2.18. The zero-order chi connectivity index (χ0) is 13.7. The fourth-order valence-corrected chi connectivity index (χ4v) is 1.90. The first kappa shape index (κ1) is 13.5.